The summed E-state index contributed by atoms with van der Waals surface area (Å²) in [4.78, 5) is 42.1. The molecular weight excluding hydrogens is 462 g/mol. The summed E-state index contributed by atoms with van der Waals surface area (Å²) in [5.74, 6) is 0.251. The number of ether oxygens (including phenoxy) is 1. The van der Waals surface area contributed by atoms with Crippen LogP contribution in [0.5, 0.6) is 0 Å². The van der Waals surface area contributed by atoms with Crippen LogP contribution in [0.4, 0.5) is 4.79 Å². The summed E-state index contributed by atoms with van der Waals surface area (Å²) < 4.78 is 5.45. The van der Waals surface area contributed by atoms with Crippen LogP contribution in [0.1, 0.15) is 83.0 Å². The van der Waals surface area contributed by atoms with Crippen LogP contribution >= 0.6 is 11.8 Å². The number of alkyl carbamates (subject to hydrolysis) is 1. The number of benzene rings is 1. The molecule has 2 N–H and O–H groups in total. The van der Waals surface area contributed by atoms with Gasteiger partial charge in [-0.05, 0) is 91.7 Å². The maximum absolute atomic E-state index is 14.1. The Hall–Kier alpha value is -2.22. The predicted octanol–water partition coefficient (Wildman–Crippen LogP) is 4.90. The van der Waals surface area contributed by atoms with Gasteiger partial charge in [-0.25, -0.2) is 4.79 Å². The first-order chi connectivity index (χ1) is 16.3. The molecule has 3 amide bonds. The van der Waals surface area contributed by atoms with Crippen molar-refractivity contribution >= 4 is 29.7 Å². The van der Waals surface area contributed by atoms with Gasteiger partial charge in [0, 0.05) is 12.1 Å². The van der Waals surface area contributed by atoms with Crippen LogP contribution in [0.25, 0.3) is 0 Å². The van der Waals surface area contributed by atoms with Crippen molar-refractivity contribution in [3.05, 3.63) is 34.9 Å². The molecule has 0 aromatic heterocycles. The lowest BCUT2D eigenvalue weighted by molar-refractivity contribution is -0.147. The molecule has 0 radical (unpaired) electrons. The quantitative estimate of drug-likeness (QED) is 0.472. The molecule has 8 heteroatoms. The first-order valence-corrected chi connectivity index (χ1v) is 13.9. The molecule has 35 heavy (non-hydrogen) atoms. The monoisotopic (exact) mass is 505 g/mol. The van der Waals surface area contributed by atoms with E-state index in [1.165, 1.54) is 0 Å². The summed E-state index contributed by atoms with van der Waals surface area (Å²) >= 11 is 1.61. The number of rotatable bonds is 10. The third kappa shape index (κ3) is 8.74. The van der Waals surface area contributed by atoms with Crippen LogP contribution in [0.3, 0.4) is 0 Å². The molecule has 1 fully saturated rings. The predicted molar refractivity (Wildman–Crippen MR) is 143 cm³/mol. The third-order valence-electron chi connectivity index (χ3n) is 5.84. The van der Waals surface area contributed by atoms with Crippen LogP contribution in [0.15, 0.2) is 18.2 Å². The molecular formula is C27H43N3O4S. The largest absolute Gasteiger partial charge is 0.444 e. The number of hydrogen-bond acceptors (Lipinski definition) is 5. The molecule has 1 aliphatic rings. The van der Waals surface area contributed by atoms with E-state index in [-0.39, 0.29) is 23.9 Å². The van der Waals surface area contributed by atoms with Crippen LogP contribution < -0.4 is 10.6 Å². The van der Waals surface area contributed by atoms with Crippen molar-refractivity contribution in [3.63, 3.8) is 0 Å². The van der Waals surface area contributed by atoms with E-state index in [1.54, 1.807) is 37.4 Å². The zero-order valence-corrected chi connectivity index (χ0v) is 23.4. The van der Waals surface area contributed by atoms with Gasteiger partial charge in [-0.3, -0.25) is 9.59 Å². The molecule has 2 unspecified atom stereocenters. The summed E-state index contributed by atoms with van der Waals surface area (Å²) in [5.41, 5.74) is 2.19. The lowest BCUT2D eigenvalue weighted by atomic mass is 9.87. The highest BCUT2D eigenvalue weighted by Crippen LogP contribution is 2.34. The van der Waals surface area contributed by atoms with E-state index in [2.05, 4.69) is 16.7 Å². The Kier molecular flexibility index (Phi) is 10.5. The zero-order valence-electron chi connectivity index (χ0n) is 22.6. The molecule has 0 bridgehead atoms. The fourth-order valence-corrected chi connectivity index (χ4v) is 4.75. The fourth-order valence-electron chi connectivity index (χ4n) is 4.28. The number of carbonyl (C=O) groups is 3. The Bertz CT molecular complexity index is 873. The van der Waals surface area contributed by atoms with E-state index in [0.717, 1.165) is 36.0 Å². The average Bonchev–Trinajstić information content (AvgIpc) is 2.66. The van der Waals surface area contributed by atoms with Crippen molar-refractivity contribution in [3.8, 4) is 0 Å². The molecule has 2 atom stereocenters. The van der Waals surface area contributed by atoms with Gasteiger partial charge < -0.3 is 20.3 Å². The maximum atomic E-state index is 14.1. The second kappa shape index (κ2) is 12.7. The van der Waals surface area contributed by atoms with Crippen molar-refractivity contribution < 1.29 is 19.1 Å². The van der Waals surface area contributed by atoms with Crippen molar-refractivity contribution in [2.24, 2.45) is 0 Å². The Labute approximate surface area is 215 Å². The number of carbonyl (C=O) groups excluding carboxylic acids is 3. The van der Waals surface area contributed by atoms with Crippen LogP contribution in [0.2, 0.25) is 0 Å². The molecule has 196 valence electrons. The highest BCUT2D eigenvalue weighted by atomic mass is 32.2. The van der Waals surface area contributed by atoms with Gasteiger partial charge in [0.2, 0.25) is 11.8 Å². The van der Waals surface area contributed by atoms with Gasteiger partial charge >= 0.3 is 6.09 Å². The number of amides is 3. The summed E-state index contributed by atoms with van der Waals surface area (Å²) in [6.07, 6.45) is 4.48. The lowest BCUT2D eigenvalue weighted by Gasteiger charge is -2.44. The molecule has 2 rings (SSSR count). The number of nitrogens with zero attached hydrogens (tertiary/aromatic N) is 1. The molecule has 0 saturated heterocycles. The van der Waals surface area contributed by atoms with Crippen LogP contribution in [-0.2, 0) is 14.3 Å². The van der Waals surface area contributed by atoms with Crippen LogP contribution in [-0.4, -0.2) is 58.5 Å². The normalized spacial score (nSPS) is 15.7. The molecule has 0 spiro atoms. The zero-order chi connectivity index (χ0) is 26.3. The van der Waals surface area contributed by atoms with Crippen molar-refractivity contribution in [2.45, 2.75) is 104 Å². The summed E-state index contributed by atoms with van der Waals surface area (Å²) in [6, 6.07) is 4.35. The van der Waals surface area contributed by atoms with Crippen molar-refractivity contribution in [1.82, 2.24) is 15.5 Å². The maximum Gasteiger partial charge on any atom is 0.408 e. The molecule has 1 aromatic rings. The number of nitrogens with one attached hydrogen (secondary N) is 2. The first kappa shape index (κ1) is 29.0. The molecule has 0 heterocycles. The van der Waals surface area contributed by atoms with Gasteiger partial charge in [0.25, 0.3) is 0 Å². The van der Waals surface area contributed by atoms with E-state index in [4.69, 9.17) is 4.74 Å². The lowest BCUT2D eigenvalue weighted by Crippen LogP contribution is -2.58. The van der Waals surface area contributed by atoms with Gasteiger partial charge in [-0.2, -0.15) is 11.8 Å². The number of thioether (sulfide) groups is 1. The van der Waals surface area contributed by atoms with Gasteiger partial charge in [0.05, 0.1) is 0 Å². The smallest absolute Gasteiger partial charge is 0.408 e. The second-order valence-electron chi connectivity index (χ2n) is 10.8. The van der Waals surface area contributed by atoms with Crippen molar-refractivity contribution in [2.75, 3.05) is 12.0 Å². The Morgan fingerprint density at radius 1 is 1.09 bits per heavy atom. The average molecular weight is 506 g/mol. The Morgan fingerprint density at radius 3 is 2.14 bits per heavy atom. The topological polar surface area (TPSA) is 87.7 Å². The molecule has 1 aromatic carbocycles. The SMILES string of the molecule is CSCCC(NC(=O)OC(C)(C)C)C(=O)N(C1CCC1)C(C(=O)NC(C)C)c1cc(C)cc(C)c1. The van der Waals surface area contributed by atoms with E-state index in [1.807, 2.05) is 46.1 Å². The van der Waals surface area contributed by atoms with Gasteiger partial charge in [0.1, 0.15) is 17.7 Å². The highest BCUT2D eigenvalue weighted by Gasteiger charge is 2.42. The Morgan fingerprint density at radius 2 is 1.69 bits per heavy atom. The van der Waals surface area contributed by atoms with Crippen LogP contribution in [0, 0.1) is 13.8 Å². The Balaban J connectivity index is 2.50. The fraction of sp³-hybridized carbons (Fsp3) is 0.667. The molecule has 7 nitrogen and oxygen atoms in total. The minimum absolute atomic E-state index is 0.0524. The summed E-state index contributed by atoms with van der Waals surface area (Å²) in [5, 5.41) is 5.83. The van der Waals surface area contributed by atoms with Gasteiger partial charge in [0.15, 0.2) is 0 Å². The highest BCUT2D eigenvalue weighted by molar-refractivity contribution is 7.98. The summed E-state index contributed by atoms with van der Waals surface area (Å²) in [7, 11) is 0. The molecule has 1 saturated carbocycles. The van der Waals surface area contributed by atoms with Gasteiger partial charge in [-0.1, -0.05) is 29.3 Å². The third-order valence-corrected chi connectivity index (χ3v) is 6.48. The van der Waals surface area contributed by atoms with E-state index in [9.17, 15) is 14.4 Å². The molecule has 0 aliphatic heterocycles. The standard InChI is InChI=1S/C27H43N3O4S/c1-17(2)28-24(31)23(20-15-18(3)14-19(4)16-20)30(21-10-9-11-21)25(32)22(12-13-35-8)29-26(33)34-27(5,6)7/h14-17,21-23H,9-13H2,1-8H3,(H,28,31)(H,29,33). The number of hydrogen-bond donors (Lipinski definition) is 2. The minimum Gasteiger partial charge on any atom is -0.444 e. The summed E-state index contributed by atoms with van der Waals surface area (Å²) in [6.45, 7) is 13.2. The number of aryl methyl sites for hydroxylation is 2. The first-order valence-electron chi connectivity index (χ1n) is 12.5. The van der Waals surface area contributed by atoms with E-state index >= 15 is 0 Å². The minimum atomic E-state index is -0.779. The van der Waals surface area contributed by atoms with E-state index < -0.39 is 23.8 Å². The van der Waals surface area contributed by atoms with Gasteiger partial charge in [-0.15, -0.1) is 0 Å². The molecule has 1 aliphatic carbocycles. The van der Waals surface area contributed by atoms with Crippen molar-refractivity contribution in [1.29, 1.82) is 0 Å². The van der Waals surface area contributed by atoms with E-state index in [0.29, 0.717) is 12.2 Å². The second-order valence-corrected chi connectivity index (χ2v) is 11.8.